The number of hydrogen-bond donors (Lipinski definition) is 2. The lowest BCUT2D eigenvalue weighted by molar-refractivity contribution is 0.0949. The fraction of sp³-hybridized carbons (Fsp3) is 0.417. The van der Waals surface area contributed by atoms with Gasteiger partial charge in [-0.2, -0.15) is 0 Å². The van der Waals surface area contributed by atoms with E-state index in [0.29, 0.717) is 17.9 Å². The van der Waals surface area contributed by atoms with Crippen LogP contribution in [0.1, 0.15) is 17.3 Å². The summed E-state index contributed by atoms with van der Waals surface area (Å²) >= 11 is 0. The molecule has 0 aliphatic rings. The van der Waals surface area contributed by atoms with Crippen LogP contribution >= 0.6 is 0 Å². The number of carbonyl (C=O) groups excluding carboxylic acids is 1. The predicted molar refractivity (Wildman–Crippen MR) is 66.8 cm³/mol. The second-order valence-corrected chi connectivity index (χ2v) is 3.71. The van der Waals surface area contributed by atoms with Gasteiger partial charge in [0.25, 0.3) is 5.91 Å². The van der Waals surface area contributed by atoms with E-state index in [0.717, 1.165) is 13.1 Å². The van der Waals surface area contributed by atoms with E-state index in [2.05, 4.69) is 17.2 Å². The Labute approximate surface area is 102 Å². The molecule has 0 unspecified atom stereocenters. The molecule has 1 aromatic rings. The zero-order chi connectivity index (χ0) is 12.7. The average Bonchev–Trinajstić information content (AvgIpc) is 2.38. The van der Waals surface area contributed by atoms with Gasteiger partial charge in [-0.1, -0.05) is 19.1 Å². The molecule has 3 N–H and O–H groups in total. The molecular formula is C12H19N3O2. The first-order chi connectivity index (χ1) is 8.19. The zero-order valence-corrected chi connectivity index (χ0v) is 10.3. The number of hydrazine groups is 1. The Morgan fingerprint density at radius 1 is 1.47 bits per heavy atom. The minimum absolute atomic E-state index is 0.343. The summed E-state index contributed by atoms with van der Waals surface area (Å²) in [6, 6.07) is 7.04. The minimum atomic E-state index is -0.343. The standard InChI is InChI=1S/C12H19N3O2/c1-3-15(2)8-9-17-11-7-5-4-6-10(11)12(16)14-13/h4-7H,3,8-9,13H2,1-2H3,(H,14,16). The summed E-state index contributed by atoms with van der Waals surface area (Å²) in [5, 5.41) is 0. The van der Waals surface area contributed by atoms with E-state index in [1.807, 2.05) is 13.1 Å². The van der Waals surface area contributed by atoms with Gasteiger partial charge in [0, 0.05) is 6.54 Å². The first-order valence-electron chi connectivity index (χ1n) is 5.60. The maximum absolute atomic E-state index is 11.5. The van der Waals surface area contributed by atoms with Crippen molar-refractivity contribution in [2.45, 2.75) is 6.92 Å². The molecule has 0 bridgehead atoms. The van der Waals surface area contributed by atoms with Gasteiger partial charge in [0.2, 0.25) is 0 Å². The van der Waals surface area contributed by atoms with Crippen molar-refractivity contribution in [2.75, 3.05) is 26.7 Å². The molecule has 5 nitrogen and oxygen atoms in total. The van der Waals surface area contributed by atoms with E-state index < -0.39 is 0 Å². The Balaban J connectivity index is 2.61. The molecular weight excluding hydrogens is 218 g/mol. The number of rotatable bonds is 6. The van der Waals surface area contributed by atoms with Crippen LogP contribution in [-0.4, -0.2) is 37.6 Å². The van der Waals surface area contributed by atoms with Gasteiger partial charge in [-0.3, -0.25) is 10.2 Å². The first-order valence-corrected chi connectivity index (χ1v) is 5.60. The highest BCUT2D eigenvalue weighted by Crippen LogP contribution is 2.17. The van der Waals surface area contributed by atoms with Crippen molar-refractivity contribution >= 4 is 5.91 Å². The van der Waals surface area contributed by atoms with Crippen molar-refractivity contribution in [3.05, 3.63) is 29.8 Å². The lowest BCUT2D eigenvalue weighted by Crippen LogP contribution is -2.30. The van der Waals surface area contributed by atoms with Crippen LogP contribution in [0.4, 0.5) is 0 Å². The molecule has 0 spiro atoms. The van der Waals surface area contributed by atoms with Gasteiger partial charge in [-0.05, 0) is 25.7 Å². The highest BCUT2D eigenvalue weighted by molar-refractivity contribution is 5.96. The van der Waals surface area contributed by atoms with Gasteiger partial charge >= 0.3 is 0 Å². The molecule has 0 saturated heterocycles. The second-order valence-electron chi connectivity index (χ2n) is 3.71. The van der Waals surface area contributed by atoms with Gasteiger partial charge < -0.3 is 9.64 Å². The lowest BCUT2D eigenvalue weighted by Gasteiger charge is -2.15. The number of likely N-dealkylation sites (N-methyl/N-ethyl adjacent to an activating group) is 1. The van der Waals surface area contributed by atoms with Crippen LogP contribution in [0, 0.1) is 0 Å². The van der Waals surface area contributed by atoms with Crippen LogP contribution in [0.25, 0.3) is 0 Å². The first kappa shape index (κ1) is 13.5. The molecule has 1 aromatic carbocycles. The monoisotopic (exact) mass is 237 g/mol. The zero-order valence-electron chi connectivity index (χ0n) is 10.3. The van der Waals surface area contributed by atoms with E-state index >= 15 is 0 Å². The fourth-order valence-corrected chi connectivity index (χ4v) is 1.33. The van der Waals surface area contributed by atoms with Gasteiger partial charge in [0.1, 0.15) is 12.4 Å². The van der Waals surface area contributed by atoms with E-state index in [1.54, 1.807) is 18.2 Å². The highest BCUT2D eigenvalue weighted by atomic mass is 16.5. The molecule has 0 fully saturated rings. The molecule has 0 atom stereocenters. The van der Waals surface area contributed by atoms with Crippen molar-refractivity contribution in [1.29, 1.82) is 0 Å². The number of nitrogen functional groups attached to an aromatic ring is 1. The number of nitrogens with one attached hydrogen (secondary N) is 1. The van der Waals surface area contributed by atoms with Crippen molar-refractivity contribution in [3.63, 3.8) is 0 Å². The summed E-state index contributed by atoms with van der Waals surface area (Å²) in [5.41, 5.74) is 2.56. The number of amides is 1. The molecule has 5 heteroatoms. The molecule has 0 saturated carbocycles. The fourth-order valence-electron chi connectivity index (χ4n) is 1.33. The maximum atomic E-state index is 11.5. The summed E-state index contributed by atoms with van der Waals surface area (Å²) < 4.78 is 5.57. The van der Waals surface area contributed by atoms with Crippen molar-refractivity contribution in [1.82, 2.24) is 10.3 Å². The minimum Gasteiger partial charge on any atom is -0.491 e. The number of benzene rings is 1. The third-order valence-electron chi connectivity index (χ3n) is 2.53. The summed E-state index contributed by atoms with van der Waals surface area (Å²) in [6.45, 7) is 4.40. The smallest absolute Gasteiger partial charge is 0.268 e. The van der Waals surface area contributed by atoms with Gasteiger partial charge in [-0.25, -0.2) is 5.84 Å². The Morgan fingerprint density at radius 2 is 2.18 bits per heavy atom. The molecule has 0 heterocycles. The van der Waals surface area contributed by atoms with Gasteiger partial charge in [-0.15, -0.1) is 0 Å². The number of para-hydroxylation sites is 1. The van der Waals surface area contributed by atoms with Crippen LogP contribution < -0.4 is 16.0 Å². The SMILES string of the molecule is CCN(C)CCOc1ccccc1C(=O)NN. The van der Waals surface area contributed by atoms with Crippen LogP contribution in [0.2, 0.25) is 0 Å². The number of ether oxygens (including phenoxy) is 1. The third kappa shape index (κ3) is 4.05. The largest absolute Gasteiger partial charge is 0.491 e. The summed E-state index contributed by atoms with van der Waals surface area (Å²) in [7, 11) is 2.02. The van der Waals surface area contributed by atoms with E-state index in [1.165, 1.54) is 0 Å². The van der Waals surface area contributed by atoms with Crippen LogP contribution in [0.3, 0.4) is 0 Å². The quantitative estimate of drug-likeness (QED) is 0.432. The van der Waals surface area contributed by atoms with E-state index in [9.17, 15) is 4.79 Å². The van der Waals surface area contributed by atoms with Crippen molar-refractivity contribution < 1.29 is 9.53 Å². The second kappa shape index (κ2) is 6.88. The summed E-state index contributed by atoms with van der Waals surface area (Å²) in [6.07, 6.45) is 0. The molecule has 0 radical (unpaired) electrons. The Hall–Kier alpha value is -1.59. The Kier molecular flexibility index (Phi) is 5.45. The van der Waals surface area contributed by atoms with Gasteiger partial charge in [0.15, 0.2) is 0 Å². The third-order valence-corrected chi connectivity index (χ3v) is 2.53. The molecule has 17 heavy (non-hydrogen) atoms. The molecule has 1 rings (SSSR count). The Morgan fingerprint density at radius 3 is 2.82 bits per heavy atom. The molecule has 0 aromatic heterocycles. The lowest BCUT2D eigenvalue weighted by atomic mass is 10.2. The number of hydrogen-bond acceptors (Lipinski definition) is 4. The van der Waals surface area contributed by atoms with Crippen molar-refractivity contribution in [2.24, 2.45) is 5.84 Å². The van der Waals surface area contributed by atoms with E-state index in [-0.39, 0.29) is 5.91 Å². The Bertz CT molecular complexity index is 369. The molecule has 0 aliphatic carbocycles. The number of carbonyl (C=O) groups is 1. The van der Waals surface area contributed by atoms with Crippen LogP contribution in [-0.2, 0) is 0 Å². The topological polar surface area (TPSA) is 67.6 Å². The van der Waals surface area contributed by atoms with Crippen molar-refractivity contribution in [3.8, 4) is 5.75 Å². The summed E-state index contributed by atoms with van der Waals surface area (Å²) in [5.74, 6) is 5.32. The number of nitrogens with two attached hydrogens (primary N) is 1. The predicted octanol–water partition coefficient (Wildman–Crippen LogP) is 0.621. The molecule has 1 amide bonds. The highest BCUT2D eigenvalue weighted by Gasteiger charge is 2.10. The van der Waals surface area contributed by atoms with E-state index in [4.69, 9.17) is 10.6 Å². The molecule has 0 aliphatic heterocycles. The molecule has 94 valence electrons. The normalized spacial score (nSPS) is 10.4. The number of nitrogens with zero attached hydrogens (tertiary/aromatic N) is 1. The van der Waals surface area contributed by atoms with Gasteiger partial charge in [0.05, 0.1) is 5.56 Å². The summed E-state index contributed by atoms with van der Waals surface area (Å²) in [4.78, 5) is 13.6. The van der Waals surface area contributed by atoms with Crippen LogP contribution in [0.15, 0.2) is 24.3 Å². The maximum Gasteiger partial charge on any atom is 0.268 e. The van der Waals surface area contributed by atoms with Crippen LogP contribution in [0.5, 0.6) is 5.75 Å². The average molecular weight is 237 g/mol.